The molecule has 1 aliphatic carbocycles. The van der Waals surface area contributed by atoms with Crippen LogP contribution in [-0.2, 0) is 4.79 Å². The highest BCUT2D eigenvalue weighted by atomic mass is 16.4. The molecule has 0 spiro atoms. The Labute approximate surface area is 92.5 Å². The lowest BCUT2D eigenvalue weighted by Gasteiger charge is -2.39. The second-order valence-electron chi connectivity index (χ2n) is 5.54. The summed E-state index contributed by atoms with van der Waals surface area (Å²) in [6, 6.07) is 0.577. The number of carboxylic acids is 1. The van der Waals surface area contributed by atoms with Crippen LogP contribution in [0.25, 0.3) is 0 Å². The van der Waals surface area contributed by atoms with Crippen molar-refractivity contribution in [2.45, 2.75) is 52.0 Å². The SMILES string of the molecule is CN(CCC(=O)O)C1CCCC(C)(C)C1. The van der Waals surface area contributed by atoms with Gasteiger partial charge in [0.25, 0.3) is 0 Å². The zero-order chi connectivity index (χ0) is 11.5. The van der Waals surface area contributed by atoms with Gasteiger partial charge in [-0.2, -0.15) is 0 Å². The van der Waals surface area contributed by atoms with Gasteiger partial charge in [-0.15, -0.1) is 0 Å². The highest BCUT2D eigenvalue weighted by molar-refractivity contribution is 5.66. The maximum absolute atomic E-state index is 10.5. The molecule has 0 aromatic heterocycles. The van der Waals surface area contributed by atoms with Crippen LogP contribution in [0.15, 0.2) is 0 Å². The van der Waals surface area contributed by atoms with Gasteiger partial charge in [0, 0.05) is 12.6 Å². The van der Waals surface area contributed by atoms with E-state index in [1.807, 2.05) is 0 Å². The summed E-state index contributed by atoms with van der Waals surface area (Å²) in [5.41, 5.74) is 0.431. The molecule has 0 saturated heterocycles. The van der Waals surface area contributed by atoms with E-state index in [1.54, 1.807) is 0 Å². The molecule has 0 aromatic rings. The molecule has 1 atom stereocenters. The fourth-order valence-corrected chi connectivity index (χ4v) is 2.49. The Morgan fingerprint density at radius 1 is 1.53 bits per heavy atom. The fraction of sp³-hybridized carbons (Fsp3) is 0.917. The first-order valence-corrected chi connectivity index (χ1v) is 5.83. The molecule has 1 fully saturated rings. The first-order chi connectivity index (χ1) is 6.91. The van der Waals surface area contributed by atoms with Crippen molar-refractivity contribution in [3.05, 3.63) is 0 Å². The maximum atomic E-state index is 10.5. The second kappa shape index (κ2) is 4.97. The highest BCUT2D eigenvalue weighted by Crippen LogP contribution is 2.36. The molecule has 1 saturated carbocycles. The molecule has 15 heavy (non-hydrogen) atoms. The summed E-state index contributed by atoms with van der Waals surface area (Å²) in [7, 11) is 2.05. The first kappa shape index (κ1) is 12.5. The molecule has 3 nitrogen and oxygen atoms in total. The normalized spacial score (nSPS) is 25.5. The molecule has 0 heterocycles. The Morgan fingerprint density at radius 2 is 2.20 bits per heavy atom. The van der Waals surface area contributed by atoms with Crippen LogP contribution < -0.4 is 0 Å². The van der Waals surface area contributed by atoms with E-state index in [2.05, 4.69) is 25.8 Å². The van der Waals surface area contributed by atoms with E-state index in [4.69, 9.17) is 5.11 Å². The van der Waals surface area contributed by atoms with Crippen LogP contribution in [0.3, 0.4) is 0 Å². The van der Waals surface area contributed by atoms with E-state index < -0.39 is 5.97 Å². The Kier molecular flexibility index (Phi) is 4.14. The molecule has 0 bridgehead atoms. The highest BCUT2D eigenvalue weighted by Gasteiger charge is 2.29. The molecule has 1 unspecified atom stereocenters. The zero-order valence-corrected chi connectivity index (χ0v) is 10.1. The minimum absolute atomic E-state index is 0.257. The smallest absolute Gasteiger partial charge is 0.304 e. The molecule has 0 aromatic carbocycles. The number of nitrogens with zero attached hydrogens (tertiary/aromatic N) is 1. The molecule has 88 valence electrons. The third-order valence-electron chi connectivity index (χ3n) is 3.48. The molecular weight excluding hydrogens is 190 g/mol. The van der Waals surface area contributed by atoms with Crippen molar-refractivity contribution in [1.82, 2.24) is 4.90 Å². The second-order valence-corrected chi connectivity index (χ2v) is 5.54. The number of aliphatic carboxylic acids is 1. The van der Waals surface area contributed by atoms with Crippen molar-refractivity contribution in [3.63, 3.8) is 0 Å². The molecule has 1 rings (SSSR count). The quantitative estimate of drug-likeness (QED) is 0.779. The largest absolute Gasteiger partial charge is 0.481 e. The summed E-state index contributed by atoms with van der Waals surface area (Å²) in [6.07, 6.45) is 5.25. The number of hydrogen-bond donors (Lipinski definition) is 1. The summed E-state index contributed by atoms with van der Waals surface area (Å²) < 4.78 is 0. The van der Waals surface area contributed by atoms with Gasteiger partial charge in [0.05, 0.1) is 6.42 Å². The number of rotatable bonds is 4. The lowest BCUT2D eigenvalue weighted by molar-refractivity contribution is -0.137. The molecule has 0 amide bonds. The number of carboxylic acid groups (broad SMARTS) is 1. The Balaban J connectivity index is 2.38. The Bertz CT molecular complexity index is 226. The van der Waals surface area contributed by atoms with Crippen molar-refractivity contribution >= 4 is 5.97 Å². The standard InChI is InChI=1S/C12H23NO2/c1-12(2)7-4-5-10(9-12)13(3)8-6-11(14)15/h10H,4-9H2,1-3H3,(H,14,15). The van der Waals surface area contributed by atoms with Crippen LogP contribution in [0, 0.1) is 5.41 Å². The van der Waals surface area contributed by atoms with Gasteiger partial charge in [-0.25, -0.2) is 0 Å². The summed E-state index contributed by atoms with van der Waals surface area (Å²) in [5, 5.41) is 8.64. The fourth-order valence-electron chi connectivity index (χ4n) is 2.49. The number of hydrogen-bond acceptors (Lipinski definition) is 2. The van der Waals surface area contributed by atoms with Crippen molar-refractivity contribution in [1.29, 1.82) is 0 Å². The first-order valence-electron chi connectivity index (χ1n) is 5.83. The topological polar surface area (TPSA) is 40.5 Å². The molecule has 1 aliphatic rings. The van der Waals surface area contributed by atoms with E-state index in [0.717, 1.165) is 0 Å². The van der Waals surface area contributed by atoms with Gasteiger partial charge in [-0.3, -0.25) is 4.79 Å². The van der Waals surface area contributed by atoms with Crippen molar-refractivity contribution in [3.8, 4) is 0 Å². The third-order valence-corrected chi connectivity index (χ3v) is 3.48. The van der Waals surface area contributed by atoms with Gasteiger partial charge in [0.15, 0.2) is 0 Å². The van der Waals surface area contributed by atoms with E-state index in [1.165, 1.54) is 25.7 Å². The Hall–Kier alpha value is -0.570. The van der Waals surface area contributed by atoms with Crippen molar-refractivity contribution in [2.24, 2.45) is 5.41 Å². The van der Waals surface area contributed by atoms with Crippen LogP contribution in [0.1, 0.15) is 46.0 Å². The monoisotopic (exact) mass is 213 g/mol. The molecule has 0 radical (unpaired) electrons. The predicted molar refractivity (Wildman–Crippen MR) is 60.9 cm³/mol. The summed E-state index contributed by atoms with van der Waals surface area (Å²) in [5.74, 6) is -0.697. The summed E-state index contributed by atoms with van der Waals surface area (Å²) in [4.78, 5) is 12.7. The van der Waals surface area contributed by atoms with Crippen molar-refractivity contribution in [2.75, 3.05) is 13.6 Å². The minimum atomic E-state index is -0.697. The van der Waals surface area contributed by atoms with Gasteiger partial charge in [-0.05, 0) is 31.7 Å². The van der Waals surface area contributed by atoms with Gasteiger partial charge in [-0.1, -0.05) is 20.3 Å². The van der Waals surface area contributed by atoms with Crippen LogP contribution in [0.5, 0.6) is 0 Å². The van der Waals surface area contributed by atoms with Crippen molar-refractivity contribution < 1.29 is 9.90 Å². The van der Waals surface area contributed by atoms with Gasteiger partial charge in [0.2, 0.25) is 0 Å². The minimum Gasteiger partial charge on any atom is -0.481 e. The van der Waals surface area contributed by atoms with Crippen LogP contribution in [0.2, 0.25) is 0 Å². The Morgan fingerprint density at radius 3 is 2.73 bits per heavy atom. The van der Waals surface area contributed by atoms with E-state index in [0.29, 0.717) is 18.0 Å². The van der Waals surface area contributed by atoms with Crippen LogP contribution in [0.4, 0.5) is 0 Å². The average molecular weight is 213 g/mol. The number of carbonyl (C=O) groups is 1. The van der Waals surface area contributed by atoms with E-state index >= 15 is 0 Å². The summed E-state index contributed by atoms with van der Waals surface area (Å²) in [6.45, 7) is 5.30. The zero-order valence-electron chi connectivity index (χ0n) is 10.1. The van der Waals surface area contributed by atoms with Crippen LogP contribution >= 0.6 is 0 Å². The average Bonchev–Trinajstić information content (AvgIpc) is 2.12. The van der Waals surface area contributed by atoms with Gasteiger partial charge < -0.3 is 10.0 Å². The van der Waals surface area contributed by atoms with E-state index in [9.17, 15) is 4.79 Å². The van der Waals surface area contributed by atoms with Gasteiger partial charge >= 0.3 is 5.97 Å². The third kappa shape index (κ3) is 4.20. The lowest BCUT2D eigenvalue weighted by atomic mass is 9.75. The molecule has 3 heteroatoms. The maximum Gasteiger partial charge on any atom is 0.304 e. The molecular formula is C12H23NO2. The lowest BCUT2D eigenvalue weighted by Crippen LogP contribution is -2.39. The molecule has 0 aliphatic heterocycles. The summed E-state index contributed by atoms with van der Waals surface area (Å²) >= 11 is 0. The molecule has 1 N–H and O–H groups in total. The predicted octanol–water partition coefficient (Wildman–Crippen LogP) is 2.36. The van der Waals surface area contributed by atoms with E-state index in [-0.39, 0.29) is 6.42 Å². The van der Waals surface area contributed by atoms with Gasteiger partial charge in [0.1, 0.15) is 0 Å². The van der Waals surface area contributed by atoms with Crippen LogP contribution in [-0.4, -0.2) is 35.6 Å².